The average Bonchev–Trinajstić information content (AvgIpc) is 3.06. The van der Waals surface area contributed by atoms with E-state index in [4.69, 9.17) is 11.6 Å². The molecule has 6 nitrogen and oxygen atoms in total. The largest absolute Gasteiger partial charge is 0.329 e. The Morgan fingerprint density at radius 2 is 2.04 bits per heavy atom. The van der Waals surface area contributed by atoms with Crippen molar-refractivity contribution in [3.8, 4) is 5.82 Å². The molecule has 0 saturated carbocycles. The molecule has 1 aromatic carbocycles. The van der Waals surface area contributed by atoms with Crippen LogP contribution in [0.5, 0.6) is 0 Å². The Bertz CT molecular complexity index is 998. The highest BCUT2D eigenvalue weighted by molar-refractivity contribution is 6.31. The van der Waals surface area contributed by atoms with Crippen molar-refractivity contribution in [3.63, 3.8) is 0 Å². The molecule has 0 bridgehead atoms. The van der Waals surface area contributed by atoms with E-state index >= 15 is 0 Å². The molecule has 1 atom stereocenters. The maximum absolute atomic E-state index is 13.2. The fraction of sp³-hybridized carbons (Fsp3) is 0.286. The SMILES string of the molecule is Cc1cc(C)n(-c2ccc(C(=O)N3CCNCC3c3ccccc3Cl)cn2)n1. The van der Waals surface area contributed by atoms with Gasteiger partial charge in [-0.1, -0.05) is 29.8 Å². The second-order valence-corrected chi connectivity index (χ2v) is 7.39. The van der Waals surface area contributed by atoms with E-state index in [2.05, 4.69) is 15.4 Å². The van der Waals surface area contributed by atoms with Crippen molar-refractivity contribution < 1.29 is 4.79 Å². The maximum atomic E-state index is 13.2. The van der Waals surface area contributed by atoms with Crippen molar-refractivity contribution in [3.05, 3.63) is 76.2 Å². The number of nitrogens with one attached hydrogen (secondary N) is 1. The number of hydrogen-bond acceptors (Lipinski definition) is 4. The monoisotopic (exact) mass is 395 g/mol. The molecule has 0 aliphatic carbocycles. The van der Waals surface area contributed by atoms with Gasteiger partial charge in [-0.2, -0.15) is 5.10 Å². The Kier molecular flexibility index (Phi) is 5.15. The summed E-state index contributed by atoms with van der Waals surface area (Å²) < 4.78 is 1.78. The van der Waals surface area contributed by atoms with Crippen LogP contribution in [-0.4, -0.2) is 45.2 Å². The summed E-state index contributed by atoms with van der Waals surface area (Å²) in [6.45, 7) is 5.97. The fourth-order valence-electron chi connectivity index (χ4n) is 3.64. The van der Waals surface area contributed by atoms with E-state index in [0.717, 1.165) is 23.5 Å². The fourth-order valence-corrected chi connectivity index (χ4v) is 3.90. The first-order valence-electron chi connectivity index (χ1n) is 9.30. The highest BCUT2D eigenvalue weighted by atomic mass is 35.5. The van der Waals surface area contributed by atoms with Crippen LogP contribution in [0.2, 0.25) is 5.02 Å². The van der Waals surface area contributed by atoms with E-state index in [-0.39, 0.29) is 11.9 Å². The summed E-state index contributed by atoms with van der Waals surface area (Å²) in [5.74, 6) is 0.656. The number of pyridine rings is 1. The van der Waals surface area contributed by atoms with Crippen LogP contribution in [0.1, 0.15) is 33.4 Å². The second-order valence-electron chi connectivity index (χ2n) is 6.98. The Labute approximate surface area is 169 Å². The quantitative estimate of drug-likeness (QED) is 0.738. The van der Waals surface area contributed by atoms with Crippen LogP contribution in [0, 0.1) is 13.8 Å². The summed E-state index contributed by atoms with van der Waals surface area (Å²) in [5, 5.41) is 8.47. The first-order valence-corrected chi connectivity index (χ1v) is 9.68. The van der Waals surface area contributed by atoms with E-state index in [9.17, 15) is 4.79 Å². The molecule has 1 aliphatic rings. The Morgan fingerprint density at radius 3 is 2.71 bits per heavy atom. The third kappa shape index (κ3) is 3.53. The maximum Gasteiger partial charge on any atom is 0.256 e. The molecule has 1 aliphatic heterocycles. The van der Waals surface area contributed by atoms with Crippen molar-refractivity contribution in [1.29, 1.82) is 0 Å². The minimum Gasteiger partial charge on any atom is -0.329 e. The predicted molar refractivity (Wildman–Crippen MR) is 109 cm³/mol. The topological polar surface area (TPSA) is 63.1 Å². The van der Waals surface area contributed by atoms with Gasteiger partial charge in [0.1, 0.15) is 0 Å². The van der Waals surface area contributed by atoms with Crippen LogP contribution in [0.15, 0.2) is 48.7 Å². The molecular weight excluding hydrogens is 374 g/mol. The number of benzene rings is 1. The molecule has 1 amide bonds. The van der Waals surface area contributed by atoms with Gasteiger partial charge in [-0.05, 0) is 43.7 Å². The number of halogens is 1. The van der Waals surface area contributed by atoms with Gasteiger partial charge in [0.25, 0.3) is 5.91 Å². The minimum absolute atomic E-state index is 0.0427. The van der Waals surface area contributed by atoms with Crippen LogP contribution in [0.25, 0.3) is 5.82 Å². The van der Waals surface area contributed by atoms with Gasteiger partial charge in [0.2, 0.25) is 0 Å². The number of aromatic nitrogens is 3. The van der Waals surface area contributed by atoms with E-state index in [1.165, 1.54) is 0 Å². The minimum atomic E-state index is -0.106. The summed E-state index contributed by atoms with van der Waals surface area (Å²) in [7, 11) is 0. The van der Waals surface area contributed by atoms with Gasteiger partial charge in [-0.3, -0.25) is 4.79 Å². The van der Waals surface area contributed by atoms with Crippen LogP contribution in [0.4, 0.5) is 0 Å². The molecule has 0 radical (unpaired) electrons. The zero-order valence-electron chi connectivity index (χ0n) is 15.9. The van der Waals surface area contributed by atoms with Crippen LogP contribution in [0.3, 0.4) is 0 Å². The second kappa shape index (κ2) is 7.73. The lowest BCUT2D eigenvalue weighted by atomic mass is 10.0. The zero-order valence-corrected chi connectivity index (χ0v) is 16.6. The van der Waals surface area contributed by atoms with Crippen molar-refractivity contribution in [2.24, 2.45) is 0 Å². The summed E-state index contributed by atoms with van der Waals surface area (Å²) >= 11 is 6.39. The lowest BCUT2D eigenvalue weighted by molar-refractivity contribution is 0.0634. The third-order valence-electron chi connectivity index (χ3n) is 4.99. The number of hydrogen-bond donors (Lipinski definition) is 1. The molecule has 1 N–H and O–H groups in total. The van der Waals surface area contributed by atoms with Gasteiger partial charge in [0, 0.05) is 36.5 Å². The highest BCUT2D eigenvalue weighted by Crippen LogP contribution is 2.29. The summed E-state index contributed by atoms with van der Waals surface area (Å²) in [6, 6.07) is 13.2. The van der Waals surface area contributed by atoms with Gasteiger partial charge in [-0.15, -0.1) is 0 Å². The lowest BCUT2D eigenvalue weighted by Gasteiger charge is -2.37. The van der Waals surface area contributed by atoms with E-state index in [1.54, 1.807) is 10.9 Å². The molecule has 144 valence electrons. The Balaban J connectivity index is 1.60. The number of amides is 1. The Morgan fingerprint density at radius 1 is 1.21 bits per heavy atom. The van der Waals surface area contributed by atoms with E-state index in [0.29, 0.717) is 29.5 Å². The van der Waals surface area contributed by atoms with Crippen molar-refractivity contribution in [2.45, 2.75) is 19.9 Å². The van der Waals surface area contributed by atoms with Gasteiger partial charge >= 0.3 is 0 Å². The standard InChI is InChI=1S/C21H22ClN5O/c1-14-11-15(2)27(25-14)20-8-7-16(12-24-20)21(28)26-10-9-23-13-19(26)17-5-3-4-6-18(17)22/h3-8,11-12,19,23H,9-10,13H2,1-2H3. The first kappa shape index (κ1) is 18.7. The molecule has 0 spiro atoms. The molecule has 7 heteroatoms. The van der Waals surface area contributed by atoms with Crippen LogP contribution < -0.4 is 5.32 Å². The van der Waals surface area contributed by atoms with Crippen molar-refractivity contribution in [2.75, 3.05) is 19.6 Å². The van der Waals surface area contributed by atoms with Gasteiger partial charge < -0.3 is 10.2 Å². The highest BCUT2D eigenvalue weighted by Gasteiger charge is 2.30. The smallest absolute Gasteiger partial charge is 0.256 e. The van der Waals surface area contributed by atoms with Crippen LogP contribution in [-0.2, 0) is 0 Å². The van der Waals surface area contributed by atoms with Crippen LogP contribution >= 0.6 is 11.6 Å². The Hall–Kier alpha value is -2.70. The third-order valence-corrected chi connectivity index (χ3v) is 5.33. The molecule has 3 aromatic rings. The zero-order chi connectivity index (χ0) is 19.7. The summed E-state index contributed by atoms with van der Waals surface area (Å²) in [4.78, 5) is 19.5. The number of piperazine rings is 1. The van der Waals surface area contributed by atoms with E-state index in [1.807, 2.05) is 61.2 Å². The molecule has 4 rings (SSSR count). The average molecular weight is 396 g/mol. The molecule has 1 unspecified atom stereocenters. The number of rotatable bonds is 3. The molecule has 1 saturated heterocycles. The lowest BCUT2D eigenvalue weighted by Crippen LogP contribution is -2.48. The van der Waals surface area contributed by atoms with Gasteiger partial charge in [0.15, 0.2) is 5.82 Å². The predicted octanol–water partition coefficient (Wildman–Crippen LogP) is 3.32. The van der Waals surface area contributed by atoms with Crippen molar-refractivity contribution >= 4 is 17.5 Å². The summed E-state index contributed by atoms with van der Waals surface area (Å²) in [6.07, 6.45) is 1.62. The number of carbonyl (C=O) groups excluding carboxylic acids is 1. The molecule has 1 fully saturated rings. The molecule has 3 heterocycles. The molecule has 2 aromatic heterocycles. The molecule has 28 heavy (non-hydrogen) atoms. The normalized spacial score (nSPS) is 17.0. The number of nitrogens with zero attached hydrogens (tertiary/aromatic N) is 4. The van der Waals surface area contributed by atoms with Gasteiger partial charge in [-0.25, -0.2) is 9.67 Å². The first-order chi connectivity index (χ1) is 13.5. The number of aryl methyl sites for hydroxylation is 2. The number of carbonyl (C=O) groups is 1. The molecular formula is C21H22ClN5O. The summed E-state index contributed by atoms with van der Waals surface area (Å²) in [5.41, 5.74) is 3.45. The van der Waals surface area contributed by atoms with Gasteiger partial charge in [0.05, 0.1) is 17.3 Å². The van der Waals surface area contributed by atoms with Crippen molar-refractivity contribution in [1.82, 2.24) is 25.0 Å². The van der Waals surface area contributed by atoms with E-state index < -0.39 is 0 Å².